The highest BCUT2D eigenvalue weighted by atomic mass is 19.3. The molecule has 0 rings (SSSR count). The monoisotopic (exact) mass is 153 g/mol. The molecule has 0 aliphatic heterocycles. The molecular formula is C6H13F2NO. The van der Waals surface area contributed by atoms with Gasteiger partial charge in [0.05, 0.1) is 0 Å². The van der Waals surface area contributed by atoms with Crippen molar-refractivity contribution in [2.45, 2.75) is 31.9 Å². The van der Waals surface area contributed by atoms with Crippen molar-refractivity contribution >= 4 is 0 Å². The minimum atomic E-state index is -2.69. The normalized spacial score (nSPS) is 15.9. The van der Waals surface area contributed by atoms with Gasteiger partial charge in [-0.1, -0.05) is 0 Å². The van der Waals surface area contributed by atoms with E-state index in [1.807, 2.05) is 0 Å². The molecule has 1 atom stereocenters. The number of nitrogens with one attached hydrogen (secondary N) is 1. The molecule has 0 radical (unpaired) electrons. The molecule has 0 aromatic carbocycles. The van der Waals surface area contributed by atoms with Crippen LogP contribution in [0.1, 0.15) is 13.8 Å². The highest BCUT2D eigenvalue weighted by Crippen LogP contribution is 2.14. The quantitative estimate of drug-likeness (QED) is 0.622. The minimum absolute atomic E-state index is 0.922. The van der Waals surface area contributed by atoms with E-state index in [1.165, 1.54) is 20.9 Å². The molecule has 0 fully saturated rings. The molecule has 0 saturated heterocycles. The number of hydrogen-bond donors (Lipinski definition) is 2. The van der Waals surface area contributed by atoms with Crippen molar-refractivity contribution in [3.8, 4) is 0 Å². The van der Waals surface area contributed by atoms with Crippen molar-refractivity contribution in [3.05, 3.63) is 0 Å². The molecule has 0 aromatic rings. The molecule has 0 amide bonds. The van der Waals surface area contributed by atoms with Crippen LogP contribution in [0.15, 0.2) is 0 Å². The molecule has 2 N–H and O–H groups in total. The number of hydrogen-bond acceptors (Lipinski definition) is 2. The number of aliphatic hydroxyl groups is 1. The van der Waals surface area contributed by atoms with E-state index in [4.69, 9.17) is 5.11 Å². The molecule has 0 aliphatic rings. The van der Waals surface area contributed by atoms with Crippen molar-refractivity contribution in [1.82, 2.24) is 5.32 Å². The minimum Gasteiger partial charge on any atom is -0.385 e. The lowest BCUT2D eigenvalue weighted by molar-refractivity contribution is -0.0484. The first-order valence-electron chi connectivity index (χ1n) is 3.07. The number of alkyl halides is 2. The van der Waals surface area contributed by atoms with Gasteiger partial charge in [-0.25, -0.2) is 8.78 Å². The second kappa shape index (κ2) is 3.25. The smallest absolute Gasteiger partial charge is 0.265 e. The number of likely N-dealkylation sites (N-methyl/N-ethyl adjacent to an activating group) is 1. The molecule has 0 aromatic heterocycles. The predicted octanol–water partition coefficient (Wildman–Crippen LogP) is 0.610. The first-order valence-corrected chi connectivity index (χ1v) is 3.07. The molecule has 2 nitrogen and oxygen atoms in total. The van der Waals surface area contributed by atoms with E-state index in [2.05, 4.69) is 5.32 Å². The van der Waals surface area contributed by atoms with Gasteiger partial charge >= 0.3 is 0 Å². The fourth-order valence-corrected chi connectivity index (χ4v) is 0.463. The molecule has 0 saturated carbocycles. The van der Waals surface area contributed by atoms with E-state index in [-0.39, 0.29) is 0 Å². The highest BCUT2D eigenvalue weighted by Gasteiger charge is 2.32. The summed E-state index contributed by atoms with van der Waals surface area (Å²) >= 11 is 0. The van der Waals surface area contributed by atoms with Gasteiger partial charge in [0, 0.05) is 5.54 Å². The lowest BCUT2D eigenvalue weighted by Gasteiger charge is -2.29. The van der Waals surface area contributed by atoms with Crippen LogP contribution in [0.3, 0.4) is 0 Å². The van der Waals surface area contributed by atoms with Crippen molar-refractivity contribution < 1.29 is 13.9 Å². The van der Waals surface area contributed by atoms with Gasteiger partial charge in [-0.3, -0.25) is 0 Å². The topological polar surface area (TPSA) is 32.3 Å². The van der Waals surface area contributed by atoms with Gasteiger partial charge < -0.3 is 10.4 Å². The largest absolute Gasteiger partial charge is 0.385 e. The Bertz CT molecular complexity index is 106. The molecule has 0 spiro atoms. The lowest BCUT2D eigenvalue weighted by atomic mass is 9.98. The maximum Gasteiger partial charge on any atom is 0.265 e. The van der Waals surface area contributed by atoms with Gasteiger partial charge in [-0.2, -0.15) is 0 Å². The first-order chi connectivity index (χ1) is 4.41. The Balaban J connectivity index is 4.03. The predicted molar refractivity (Wildman–Crippen MR) is 35.1 cm³/mol. The zero-order chi connectivity index (χ0) is 8.36. The summed E-state index contributed by atoms with van der Waals surface area (Å²) < 4.78 is 23.6. The Morgan fingerprint density at radius 2 is 1.80 bits per heavy atom. The highest BCUT2D eigenvalue weighted by molar-refractivity contribution is 4.85. The van der Waals surface area contributed by atoms with Gasteiger partial charge in [-0.15, -0.1) is 0 Å². The maximum absolute atomic E-state index is 11.8. The van der Waals surface area contributed by atoms with E-state index < -0.39 is 18.1 Å². The number of rotatable bonds is 3. The summed E-state index contributed by atoms with van der Waals surface area (Å²) in [5, 5.41) is 11.4. The summed E-state index contributed by atoms with van der Waals surface area (Å²) in [5.41, 5.74) is -0.922. The SMILES string of the molecule is CNC(C)(C)C(O)C(F)F. The van der Waals surface area contributed by atoms with E-state index in [1.54, 1.807) is 0 Å². The maximum atomic E-state index is 11.8. The third-order valence-corrected chi connectivity index (χ3v) is 1.62. The Labute approximate surface area is 59.2 Å². The molecular weight excluding hydrogens is 140 g/mol. The summed E-state index contributed by atoms with van der Waals surface area (Å²) in [6.07, 6.45) is -4.31. The van der Waals surface area contributed by atoms with Crippen molar-refractivity contribution in [1.29, 1.82) is 0 Å². The summed E-state index contributed by atoms with van der Waals surface area (Å²) in [7, 11) is 1.53. The Morgan fingerprint density at radius 3 is 1.90 bits per heavy atom. The van der Waals surface area contributed by atoms with E-state index in [0.29, 0.717) is 0 Å². The first kappa shape index (κ1) is 9.78. The van der Waals surface area contributed by atoms with Crippen LogP contribution in [0.5, 0.6) is 0 Å². The van der Waals surface area contributed by atoms with Crippen molar-refractivity contribution in [2.24, 2.45) is 0 Å². The van der Waals surface area contributed by atoms with Crippen LogP contribution in [0.4, 0.5) is 8.78 Å². The van der Waals surface area contributed by atoms with E-state index >= 15 is 0 Å². The third kappa shape index (κ3) is 2.19. The zero-order valence-electron chi connectivity index (χ0n) is 6.36. The average molecular weight is 153 g/mol. The summed E-state index contributed by atoms with van der Waals surface area (Å²) in [6, 6.07) is 0. The van der Waals surface area contributed by atoms with Gasteiger partial charge in [0.25, 0.3) is 6.43 Å². The zero-order valence-corrected chi connectivity index (χ0v) is 6.36. The van der Waals surface area contributed by atoms with Crippen LogP contribution in [0.2, 0.25) is 0 Å². The molecule has 0 bridgehead atoms. The molecule has 62 valence electrons. The van der Waals surface area contributed by atoms with Crippen LogP contribution < -0.4 is 5.32 Å². The van der Waals surface area contributed by atoms with Crippen LogP contribution in [-0.2, 0) is 0 Å². The van der Waals surface area contributed by atoms with Gasteiger partial charge in [0.15, 0.2) is 0 Å². The molecule has 0 aliphatic carbocycles. The Morgan fingerprint density at radius 1 is 1.40 bits per heavy atom. The average Bonchev–Trinajstić information content (AvgIpc) is 1.86. The van der Waals surface area contributed by atoms with Gasteiger partial charge in [0.2, 0.25) is 0 Å². The molecule has 0 heterocycles. The molecule has 4 heteroatoms. The van der Waals surface area contributed by atoms with Gasteiger partial charge in [-0.05, 0) is 20.9 Å². The van der Waals surface area contributed by atoms with Crippen LogP contribution in [-0.4, -0.2) is 30.2 Å². The summed E-state index contributed by atoms with van der Waals surface area (Å²) in [4.78, 5) is 0. The van der Waals surface area contributed by atoms with Crippen LogP contribution in [0.25, 0.3) is 0 Å². The van der Waals surface area contributed by atoms with Crippen molar-refractivity contribution in [2.75, 3.05) is 7.05 Å². The Hall–Kier alpha value is -0.220. The van der Waals surface area contributed by atoms with E-state index in [9.17, 15) is 8.78 Å². The van der Waals surface area contributed by atoms with Crippen LogP contribution in [0, 0.1) is 0 Å². The lowest BCUT2D eigenvalue weighted by Crippen LogP contribution is -2.50. The van der Waals surface area contributed by atoms with Gasteiger partial charge in [0.1, 0.15) is 6.10 Å². The second-order valence-corrected chi connectivity index (χ2v) is 2.75. The fraction of sp³-hybridized carbons (Fsp3) is 1.00. The second-order valence-electron chi connectivity index (χ2n) is 2.75. The molecule has 10 heavy (non-hydrogen) atoms. The fourth-order valence-electron chi connectivity index (χ4n) is 0.463. The Kier molecular flexibility index (Phi) is 3.18. The third-order valence-electron chi connectivity index (χ3n) is 1.62. The van der Waals surface area contributed by atoms with Crippen LogP contribution >= 0.6 is 0 Å². The van der Waals surface area contributed by atoms with Crippen molar-refractivity contribution in [3.63, 3.8) is 0 Å². The summed E-state index contributed by atoms with van der Waals surface area (Å²) in [6.45, 7) is 3.04. The van der Waals surface area contributed by atoms with E-state index in [0.717, 1.165) is 0 Å². The number of halogens is 2. The number of aliphatic hydroxyl groups excluding tert-OH is 1. The molecule has 1 unspecified atom stereocenters. The standard InChI is InChI=1S/C6H13F2NO/c1-6(2,9-3)4(10)5(7)8/h4-5,9-10H,1-3H3. The summed E-state index contributed by atoms with van der Waals surface area (Å²) in [5.74, 6) is 0.